The van der Waals surface area contributed by atoms with E-state index in [1.165, 1.54) is 0 Å². The molecule has 0 aromatic rings. The lowest BCUT2D eigenvalue weighted by atomic mass is 9.79. The van der Waals surface area contributed by atoms with Gasteiger partial charge in [-0.25, -0.2) is 0 Å². The molecule has 0 aromatic carbocycles. The first-order valence-corrected chi connectivity index (χ1v) is 5.69. The van der Waals surface area contributed by atoms with E-state index in [2.05, 4.69) is 17.6 Å². The highest BCUT2D eigenvalue weighted by molar-refractivity contribution is 5.77. The number of aliphatic hydroxyl groups is 1. The van der Waals surface area contributed by atoms with Crippen molar-refractivity contribution in [3.63, 3.8) is 0 Å². The fraction of sp³-hybridized carbons (Fsp3) is 0.909. The summed E-state index contributed by atoms with van der Waals surface area (Å²) in [6, 6.07) is 0. The first kappa shape index (κ1) is 12.5. The Hall–Kier alpha value is -0.610. The maximum atomic E-state index is 11.0. The van der Waals surface area contributed by atoms with Gasteiger partial charge in [-0.2, -0.15) is 0 Å². The highest BCUT2D eigenvalue weighted by Gasteiger charge is 2.31. The lowest BCUT2D eigenvalue weighted by molar-refractivity contribution is -0.120. The van der Waals surface area contributed by atoms with Crippen molar-refractivity contribution in [1.82, 2.24) is 10.6 Å². The minimum absolute atomic E-state index is 0.0391. The van der Waals surface area contributed by atoms with Crippen LogP contribution in [0.25, 0.3) is 0 Å². The summed E-state index contributed by atoms with van der Waals surface area (Å²) in [5.41, 5.74) is -0.597. The number of hydrogen-bond acceptors (Lipinski definition) is 3. The molecule has 0 saturated heterocycles. The summed E-state index contributed by atoms with van der Waals surface area (Å²) in [6.45, 7) is 3.03. The van der Waals surface area contributed by atoms with Crippen LogP contribution in [0.3, 0.4) is 0 Å². The number of carbonyl (C=O) groups excluding carboxylic acids is 1. The molecule has 1 saturated carbocycles. The standard InChI is InChI=1S/C11H22N2O2/c1-9-3-5-11(15,6-4-9)8-13-7-10(14)12-2/h9,13,15H,3-8H2,1-2H3,(H,12,14). The molecule has 0 bridgehead atoms. The smallest absolute Gasteiger partial charge is 0.233 e. The molecule has 4 nitrogen and oxygen atoms in total. The van der Waals surface area contributed by atoms with Crippen LogP contribution in [0.2, 0.25) is 0 Å². The quantitative estimate of drug-likeness (QED) is 0.629. The van der Waals surface area contributed by atoms with Crippen molar-refractivity contribution in [3.8, 4) is 0 Å². The van der Waals surface area contributed by atoms with Crippen LogP contribution < -0.4 is 10.6 Å². The predicted molar refractivity (Wildman–Crippen MR) is 59.5 cm³/mol. The molecule has 1 aliphatic carbocycles. The molecule has 0 spiro atoms. The summed E-state index contributed by atoms with van der Waals surface area (Å²) in [7, 11) is 1.61. The second-order valence-electron chi connectivity index (χ2n) is 4.68. The van der Waals surface area contributed by atoms with Gasteiger partial charge in [-0.3, -0.25) is 4.79 Å². The lowest BCUT2D eigenvalue weighted by Gasteiger charge is -2.35. The highest BCUT2D eigenvalue weighted by Crippen LogP contribution is 2.31. The van der Waals surface area contributed by atoms with Gasteiger partial charge < -0.3 is 15.7 Å². The van der Waals surface area contributed by atoms with Gasteiger partial charge in [0.25, 0.3) is 0 Å². The Labute approximate surface area is 91.4 Å². The third-order valence-corrected chi connectivity index (χ3v) is 3.22. The molecule has 4 heteroatoms. The topological polar surface area (TPSA) is 61.4 Å². The summed E-state index contributed by atoms with van der Waals surface area (Å²) in [4.78, 5) is 11.0. The number of amides is 1. The Kier molecular flexibility index (Phi) is 4.54. The molecule has 88 valence electrons. The van der Waals surface area contributed by atoms with E-state index in [0.29, 0.717) is 6.54 Å². The van der Waals surface area contributed by atoms with Gasteiger partial charge in [-0.05, 0) is 31.6 Å². The van der Waals surface area contributed by atoms with Gasteiger partial charge in [0.05, 0.1) is 12.1 Å². The highest BCUT2D eigenvalue weighted by atomic mass is 16.3. The molecule has 15 heavy (non-hydrogen) atoms. The molecule has 1 fully saturated rings. The average Bonchev–Trinajstić information content (AvgIpc) is 2.23. The monoisotopic (exact) mass is 214 g/mol. The third-order valence-electron chi connectivity index (χ3n) is 3.22. The van der Waals surface area contributed by atoms with Crippen LogP contribution in [0.5, 0.6) is 0 Å². The van der Waals surface area contributed by atoms with Crippen LogP contribution in [0.15, 0.2) is 0 Å². The number of nitrogens with one attached hydrogen (secondary N) is 2. The van der Waals surface area contributed by atoms with E-state index in [1.54, 1.807) is 7.05 Å². The van der Waals surface area contributed by atoms with Crippen molar-refractivity contribution in [3.05, 3.63) is 0 Å². The maximum Gasteiger partial charge on any atom is 0.233 e. The molecule has 0 aromatic heterocycles. The van der Waals surface area contributed by atoms with E-state index in [4.69, 9.17) is 0 Å². The molecule has 0 unspecified atom stereocenters. The van der Waals surface area contributed by atoms with Crippen LogP contribution >= 0.6 is 0 Å². The zero-order valence-corrected chi connectivity index (χ0v) is 9.68. The second-order valence-corrected chi connectivity index (χ2v) is 4.68. The number of carbonyl (C=O) groups is 1. The first-order valence-electron chi connectivity index (χ1n) is 5.69. The van der Waals surface area contributed by atoms with Crippen molar-refractivity contribution >= 4 is 5.91 Å². The molecule has 1 aliphatic rings. The minimum atomic E-state index is -0.597. The number of likely N-dealkylation sites (N-methyl/N-ethyl adjacent to an activating group) is 1. The van der Waals surface area contributed by atoms with E-state index in [9.17, 15) is 9.90 Å². The third kappa shape index (κ3) is 4.18. The Morgan fingerprint density at radius 3 is 2.60 bits per heavy atom. The summed E-state index contributed by atoms with van der Waals surface area (Å²) >= 11 is 0. The zero-order chi connectivity index (χ0) is 11.3. The summed E-state index contributed by atoms with van der Waals surface area (Å²) in [6.07, 6.45) is 3.85. The minimum Gasteiger partial charge on any atom is -0.389 e. The molecule has 0 heterocycles. The van der Waals surface area contributed by atoms with Crippen LogP contribution in [0.4, 0.5) is 0 Å². The summed E-state index contributed by atoms with van der Waals surface area (Å²) in [5.74, 6) is 0.687. The van der Waals surface area contributed by atoms with Gasteiger partial charge in [0.1, 0.15) is 0 Å². The SMILES string of the molecule is CNC(=O)CNCC1(O)CCC(C)CC1. The first-order chi connectivity index (χ1) is 7.06. The zero-order valence-electron chi connectivity index (χ0n) is 9.68. The molecule has 0 aliphatic heterocycles. The van der Waals surface area contributed by atoms with Gasteiger partial charge in [0, 0.05) is 13.6 Å². The molecule has 0 radical (unpaired) electrons. The van der Waals surface area contributed by atoms with Crippen LogP contribution in [0, 0.1) is 5.92 Å². The Morgan fingerprint density at radius 2 is 2.07 bits per heavy atom. The maximum absolute atomic E-state index is 11.0. The predicted octanol–water partition coefficient (Wildman–Crippen LogP) is 0.263. The molecular weight excluding hydrogens is 192 g/mol. The van der Waals surface area contributed by atoms with Crippen LogP contribution in [-0.2, 0) is 4.79 Å². The van der Waals surface area contributed by atoms with E-state index >= 15 is 0 Å². The van der Waals surface area contributed by atoms with E-state index in [-0.39, 0.29) is 12.5 Å². The number of rotatable bonds is 4. The normalized spacial score (nSPS) is 31.3. The van der Waals surface area contributed by atoms with Crippen molar-refractivity contribution in [2.24, 2.45) is 5.92 Å². The molecular formula is C11H22N2O2. The summed E-state index contributed by atoms with van der Waals surface area (Å²) < 4.78 is 0. The fourth-order valence-corrected chi connectivity index (χ4v) is 1.97. The number of hydrogen-bond donors (Lipinski definition) is 3. The van der Waals surface area contributed by atoms with Crippen molar-refractivity contribution < 1.29 is 9.90 Å². The molecule has 1 amide bonds. The lowest BCUT2D eigenvalue weighted by Crippen LogP contribution is -2.45. The van der Waals surface area contributed by atoms with Crippen molar-refractivity contribution in [1.29, 1.82) is 0 Å². The molecule has 3 N–H and O–H groups in total. The summed E-state index contributed by atoms with van der Waals surface area (Å²) in [5, 5.41) is 15.7. The van der Waals surface area contributed by atoms with Crippen LogP contribution in [-0.4, -0.2) is 36.8 Å². The average molecular weight is 214 g/mol. The van der Waals surface area contributed by atoms with Crippen LogP contribution in [0.1, 0.15) is 32.6 Å². The Morgan fingerprint density at radius 1 is 1.47 bits per heavy atom. The van der Waals surface area contributed by atoms with E-state index in [0.717, 1.165) is 31.6 Å². The van der Waals surface area contributed by atoms with E-state index < -0.39 is 5.60 Å². The van der Waals surface area contributed by atoms with Gasteiger partial charge in [-0.1, -0.05) is 6.92 Å². The van der Waals surface area contributed by atoms with Gasteiger partial charge >= 0.3 is 0 Å². The van der Waals surface area contributed by atoms with Gasteiger partial charge in [0.15, 0.2) is 0 Å². The van der Waals surface area contributed by atoms with Gasteiger partial charge in [-0.15, -0.1) is 0 Å². The van der Waals surface area contributed by atoms with Crippen molar-refractivity contribution in [2.75, 3.05) is 20.1 Å². The fourth-order valence-electron chi connectivity index (χ4n) is 1.97. The molecule has 0 atom stereocenters. The Balaban J connectivity index is 2.22. The Bertz CT molecular complexity index is 211. The largest absolute Gasteiger partial charge is 0.389 e. The van der Waals surface area contributed by atoms with E-state index in [1.807, 2.05) is 0 Å². The molecule has 1 rings (SSSR count). The second kappa shape index (κ2) is 5.47. The van der Waals surface area contributed by atoms with Gasteiger partial charge in [0.2, 0.25) is 5.91 Å². The van der Waals surface area contributed by atoms with Crippen molar-refractivity contribution in [2.45, 2.75) is 38.2 Å².